The largest absolute Gasteiger partial charge is 0.0835 e. The third kappa shape index (κ3) is 3.77. The van der Waals surface area contributed by atoms with Gasteiger partial charge >= 0.3 is 0 Å². The first kappa shape index (κ1) is 14.8. The zero-order valence-corrected chi connectivity index (χ0v) is 15.0. The summed E-state index contributed by atoms with van der Waals surface area (Å²) in [7, 11) is -0.262. The molecule has 0 N–H and O–H groups in total. The highest BCUT2D eigenvalue weighted by Gasteiger charge is 2.17. The average Bonchev–Trinajstić information content (AvgIpc) is 2.80. The molecule has 2 aliphatic carbocycles. The summed E-state index contributed by atoms with van der Waals surface area (Å²) in [5, 5.41) is 3.48. The molecule has 1 aromatic rings. The van der Waals surface area contributed by atoms with Gasteiger partial charge in [-0.2, -0.15) is 0 Å². The maximum absolute atomic E-state index is 2.41. The van der Waals surface area contributed by atoms with E-state index in [1.807, 2.05) is 0 Å². The van der Waals surface area contributed by atoms with Gasteiger partial charge in [0.2, 0.25) is 0 Å². The Kier molecular flexibility index (Phi) is 4.79. The average molecular weight is 297 g/mol. The topological polar surface area (TPSA) is 0 Å². The van der Waals surface area contributed by atoms with Gasteiger partial charge in [0, 0.05) is 0 Å². The van der Waals surface area contributed by atoms with E-state index in [2.05, 4.69) is 44.2 Å². The number of allylic oxidation sites excluding steroid dienone is 4. The van der Waals surface area contributed by atoms with Crippen LogP contribution in [-0.2, 0) is 6.42 Å². The van der Waals surface area contributed by atoms with Crippen molar-refractivity contribution in [3.8, 4) is 0 Å². The van der Waals surface area contributed by atoms with Crippen LogP contribution in [0.3, 0.4) is 0 Å². The van der Waals surface area contributed by atoms with Crippen LogP contribution >= 0.6 is 0 Å². The predicted octanol–water partition coefficient (Wildman–Crippen LogP) is 4.23. The Morgan fingerprint density at radius 3 is 2.52 bits per heavy atom. The summed E-state index contributed by atoms with van der Waals surface area (Å²) >= 11 is 0. The molecule has 0 radical (unpaired) electrons. The first-order valence-corrected chi connectivity index (χ1v) is 10.1. The van der Waals surface area contributed by atoms with Crippen LogP contribution in [0.5, 0.6) is 0 Å². The molecule has 0 saturated heterocycles. The molecule has 1 aromatic carbocycles. The molecule has 112 valence electrons. The summed E-state index contributed by atoms with van der Waals surface area (Å²) in [6.07, 6.45) is 12.3. The lowest BCUT2D eigenvalue weighted by Crippen LogP contribution is -2.23. The van der Waals surface area contributed by atoms with E-state index < -0.39 is 0 Å². The number of hydrogen-bond acceptors (Lipinski definition) is 0. The van der Waals surface area contributed by atoms with E-state index in [-0.39, 0.29) is 9.52 Å². The van der Waals surface area contributed by atoms with Gasteiger partial charge < -0.3 is 0 Å². The standard InChI is InChI=1S/C20H28Si/c1-15-12-16(2)20(13-15)21-19-11-7-6-10-18(19)14-17-8-4-3-5-9-17/h6-7,10-12,17H,3-5,8-9,13-14,21H2,1-2H3. The van der Waals surface area contributed by atoms with Crippen LogP contribution in [0.4, 0.5) is 0 Å². The van der Waals surface area contributed by atoms with Crippen molar-refractivity contribution in [3.63, 3.8) is 0 Å². The third-order valence-corrected chi connectivity index (χ3v) is 7.57. The van der Waals surface area contributed by atoms with E-state index in [9.17, 15) is 0 Å². The van der Waals surface area contributed by atoms with Gasteiger partial charge in [0.1, 0.15) is 0 Å². The summed E-state index contributed by atoms with van der Waals surface area (Å²) in [5.41, 5.74) is 4.78. The molecular weight excluding hydrogens is 268 g/mol. The Labute approximate surface area is 132 Å². The van der Waals surface area contributed by atoms with E-state index in [0.717, 1.165) is 5.92 Å². The second kappa shape index (κ2) is 6.78. The summed E-state index contributed by atoms with van der Waals surface area (Å²) in [4.78, 5) is 0. The molecule has 0 bridgehead atoms. The molecule has 0 heterocycles. The van der Waals surface area contributed by atoms with E-state index in [1.165, 1.54) is 44.9 Å². The van der Waals surface area contributed by atoms with Crippen molar-refractivity contribution in [2.24, 2.45) is 5.92 Å². The van der Waals surface area contributed by atoms with Gasteiger partial charge in [-0.05, 0) is 38.2 Å². The van der Waals surface area contributed by atoms with Crippen LogP contribution in [0.25, 0.3) is 0 Å². The molecule has 1 saturated carbocycles. The highest BCUT2D eigenvalue weighted by Crippen LogP contribution is 2.27. The first-order chi connectivity index (χ1) is 10.2. The lowest BCUT2D eigenvalue weighted by Gasteiger charge is -2.23. The fraction of sp³-hybridized carbons (Fsp3) is 0.500. The second-order valence-electron chi connectivity index (χ2n) is 7.11. The number of hydrogen-bond donors (Lipinski definition) is 0. The molecule has 1 heteroatoms. The predicted molar refractivity (Wildman–Crippen MR) is 96.0 cm³/mol. The normalized spacial score (nSPS) is 20.6. The fourth-order valence-corrected chi connectivity index (χ4v) is 6.17. The SMILES string of the molecule is CC1=CC(C)=C([SiH2]c2ccccc2CC2CCCCC2)C1. The Balaban J connectivity index is 1.72. The lowest BCUT2D eigenvalue weighted by molar-refractivity contribution is 0.357. The fourth-order valence-electron chi connectivity index (χ4n) is 4.06. The van der Waals surface area contributed by atoms with E-state index in [4.69, 9.17) is 0 Å². The van der Waals surface area contributed by atoms with Crippen molar-refractivity contribution in [1.29, 1.82) is 0 Å². The van der Waals surface area contributed by atoms with Crippen LogP contribution in [0.2, 0.25) is 0 Å². The van der Waals surface area contributed by atoms with Crippen LogP contribution in [0.1, 0.15) is 57.9 Å². The highest BCUT2D eigenvalue weighted by atomic mass is 28.2. The number of rotatable bonds is 4. The van der Waals surface area contributed by atoms with Gasteiger partial charge in [-0.1, -0.05) is 84.0 Å². The van der Waals surface area contributed by atoms with Gasteiger partial charge in [-0.3, -0.25) is 0 Å². The van der Waals surface area contributed by atoms with Crippen molar-refractivity contribution in [3.05, 3.63) is 52.2 Å². The summed E-state index contributed by atoms with van der Waals surface area (Å²) < 4.78 is 0. The molecular formula is C20H28Si. The molecule has 2 aliphatic rings. The molecule has 21 heavy (non-hydrogen) atoms. The molecule has 0 nitrogen and oxygen atoms in total. The summed E-state index contributed by atoms with van der Waals surface area (Å²) in [6.45, 7) is 4.58. The highest BCUT2D eigenvalue weighted by molar-refractivity contribution is 6.62. The smallest absolute Gasteiger partial charge is 0.0758 e. The van der Waals surface area contributed by atoms with Crippen molar-refractivity contribution in [2.45, 2.75) is 58.8 Å². The Morgan fingerprint density at radius 1 is 1.05 bits per heavy atom. The molecule has 3 rings (SSSR count). The van der Waals surface area contributed by atoms with Gasteiger partial charge in [-0.25, -0.2) is 0 Å². The summed E-state index contributed by atoms with van der Waals surface area (Å²) in [6, 6.07) is 9.31. The lowest BCUT2D eigenvalue weighted by atomic mass is 9.85. The van der Waals surface area contributed by atoms with Crippen molar-refractivity contribution < 1.29 is 0 Å². The zero-order valence-electron chi connectivity index (χ0n) is 13.6. The van der Waals surface area contributed by atoms with Crippen molar-refractivity contribution in [1.82, 2.24) is 0 Å². The molecule has 0 aromatic heterocycles. The van der Waals surface area contributed by atoms with Crippen molar-refractivity contribution in [2.75, 3.05) is 0 Å². The minimum absolute atomic E-state index is 0.262. The maximum Gasteiger partial charge on any atom is 0.0835 e. The molecule has 0 unspecified atom stereocenters. The second-order valence-corrected chi connectivity index (χ2v) is 9.08. The van der Waals surface area contributed by atoms with Gasteiger partial charge in [0.15, 0.2) is 0 Å². The molecule has 0 amide bonds. The van der Waals surface area contributed by atoms with E-state index in [0.29, 0.717) is 0 Å². The van der Waals surface area contributed by atoms with Crippen LogP contribution < -0.4 is 5.19 Å². The maximum atomic E-state index is 2.41. The Bertz CT molecular complexity index is 559. The summed E-state index contributed by atoms with van der Waals surface area (Å²) in [5.74, 6) is 0.951. The Hall–Kier alpha value is -1.08. The third-order valence-electron chi connectivity index (χ3n) is 5.27. The zero-order chi connectivity index (χ0) is 14.7. The minimum Gasteiger partial charge on any atom is -0.0758 e. The van der Waals surface area contributed by atoms with Gasteiger partial charge in [0.25, 0.3) is 0 Å². The van der Waals surface area contributed by atoms with E-state index >= 15 is 0 Å². The molecule has 0 aliphatic heterocycles. The van der Waals surface area contributed by atoms with E-state index in [1.54, 1.807) is 27.1 Å². The van der Waals surface area contributed by atoms with Crippen LogP contribution in [0.15, 0.2) is 46.7 Å². The molecule has 0 atom stereocenters. The quantitative estimate of drug-likeness (QED) is 0.730. The Morgan fingerprint density at radius 2 is 1.81 bits per heavy atom. The molecule has 1 fully saturated rings. The minimum atomic E-state index is -0.262. The van der Waals surface area contributed by atoms with Crippen molar-refractivity contribution >= 4 is 14.7 Å². The number of benzene rings is 1. The van der Waals surface area contributed by atoms with Crippen LogP contribution in [-0.4, -0.2) is 9.52 Å². The van der Waals surface area contributed by atoms with Gasteiger partial charge in [-0.15, -0.1) is 0 Å². The van der Waals surface area contributed by atoms with Gasteiger partial charge in [0.05, 0.1) is 9.52 Å². The first-order valence-electron chi connectivity index (χ1n) is 8.65. The monoisotopic (exact) mass is 296 g/mol. The van der Waals surface area contributed by atoms with Crippen LogP contribution in [0, 0.1) is 5.92 Å². The molecule has 0 spiro atoms.